The molecule has 0 saturated heterocycles. The maximum Gasteiger partial charge on any atom is 0.169 e. The third-order valence-corrected chi connectivity index (χ3v) is 57.6. The van der Waals surface area contributed by atoms with Crippen LogP contribution in [0.4, 0.5) is 0 Å². The van der Waals surface area contributed by atoms with Crippen molar-refractivity contribution in [3.8, 4) is 0 Å². The van der Waals surface area contributed by atoms with Gasteiger partial charge in [0.1, 0.15) is 0 Å². The van der Waals surface area contributed by atoms with Gasteiger partial charge in [-0.3, -0.25) is 0 Å². The first-order valence-electron chi connectivity index (χ1n) is 18.0. The summed E-state index contributed by atoms with van der Waals surface area (Å²) in [6.07, 6.45) is 0. The number of allylic oxidation sites excluding steroid dienone is 2. The largest absolute Gasteiger partial charge is 0.169 e. The summed E-state index contributed by atoms with van der Waals surface area (Å²) in [5, 5.41) is 3.43. The molecule has 0 unspecified atom stereocenters. The molecule has 1 heterocycles. The van der Waals surface area contributed by atoms with Gasteiger partial charge in [-0.2, -0.15) is 0 Å². The Kier molecular flexibility index (Phi) is 12.0. The molecule has 0 N–H and O–H groups in total. The minimum atomic E-state index is -1.98. The lowest BCUT2D eigenvalue weighted by molar-refractivity contribution is 0.995. The highest BCUT2D eigenvalue weighted by atomic mass is 79.9. The Bertz CT molecular complexity index is 1150. The van der Waals surface area contributed by atoms with Crippen molar-refractivity contribution >= 4 is 83.7 Å². The highest BCUT2D eigenvalue weighted by Gasteiger charge is 2.61. The Morgan fingerprint density at radius 2 is 0.756 bits per heavy atom. The van der Waals surface area contributed by atoms with Crippen molar-refractivity contribution in [1.29, 1.82) is 0 Å². The van der Waals surface area contributed by atoms with Gasteiger partial charge in [0.25, 0.3) is 0 Å². The van der Waals surface area contributed by atoms with Crippen LogP contribution in [0.3, 0.4) is 0 Å². The van der Waals surface area contributed by atoms with Crippen molar-refractivity contribution in [3.05, 3.63) is 40.0 Å². The molecule has 0 nitrogen and oxygen atoms in total. The Balaban J connectivity index is 3.59. The van der Waals surface area contributed by atoms with Gasteiger partial charge >= 0.3 is 0 Å². The van der Waals surface area contributed by atoms with Gasteiger partial charge in [-0.15, -0.1) is 15.3 Å². The quantitative estimate of drug-likeness (QED) is 0.119. The fourth-order valence-corrected chi connectivity index (χ4v) is 76.6. The van der Waals surface area contributed by atoms with Crippen molar-refractivity contribution in [3.63, 3.8) is 0 Å². The zero-order chi connectivity index (χ0) is 35.9. The molecular weight excluding hydrogens is 737 g/mol. The van der Waals surface area contributed by atoms with Crippen molar-refractivity contribution in [2.45, 2.75) is 178 Å². The predicted molar refractivity (Wildman–Crippen MR) is 239 cm³/mol. The van der Waals surface area contributed by atoms with Gasteiger partial charge < -0.3 is 0 Å². The van der Waals surface area contributed by atoms with Crippen LogP contribution < -0.4 is 5.19 Å². The molecule has 0 radical (unpaired) electrons. The fraction of sp³-hybridized carbons (Fsp3) is 0.778. The van der Waals surface area contributed by atoms with E-state index in [-0.39, 0.29) is 0 Å². The second-order valence-electron chi connectivity index (χ2n) is 22.7. The first-order valence-corrected chi connectivity index (χ1v) is 47.5. The van der Waals surface area contributed by atoms with Crippen LogP contribution in [-0.2, 0) is 4.28 Å². The molecule has 0 bridgehead atoms. The van der Waals surface area contributed by atoms with Gasteiger partial charge in [-0.1, -0.05) is 161 Å². The third-order valence-electron chi connectivity index (χ3n) is 11.4. The zero-order valence-corrected chi connectivity index (χ0v) is 44.2. The van der Waals surface area contributed by atoms with Crippen LogP contribution in [-0.4, -0.2) is 63.2 Å². The maximum absolute atomic E-state index is 4.82. The van der Waals surface area contributed by atoms with Gasteiger partial charge in [0, 0.05) is 56.5 Å². The van der Waals surface area contributed by atoms with Crippen LogP contribution in [0.1, 0.15) is 40.9 Å². The molecule has 1 aromatic carbocycles. The smallest absolute Gasteiger partial charge is 0.119 e. The highest BCUT2D eigenvalue weighted by molar-refractivity contribution is 9.26. The Hall–Kier alpha value is 1.18. The lowest BCUT2D eigenvalue weighted by Crippen LogP contribution is -2.74. The number of rotatable bonds is 11. The van der Waals surface area contributed by atoms with Gasteiger partial charge in [-0.05, 0) is 62.4 Å². The summed E-state index contributed by atoms with van der Waals surface area (Å²) in [4.78, 5) is 0. The van der Waals surface area contributed by atoms with Crippen molar-refractivity contribution < 1.29 is 0 Å². The third kappa shape index (κ3) is 8.07. The van der Waals surface area contributed by atoms with Crippen molar-refractivity contribution in [1.82, 2.24) is 0 Å². The standard InChI is InChI=1S/C36H77BrSi8/c1-28-26-45(37,27-29(28)2)33-31(34(38(3,4)5)39(6,7)8)24-30(25-32(33)35(40(9,10)11)41(12,13)14)36(42(15,16)17,43(18,19)20)44(21,22)23/h24-25,34-35H,26-27H2,1-23H3. The number of hydrogen-bond donors (Lipinski definition) is 0. The average molecular weight is 815 g/mol. The molecule has 2 rings (SSSR count). The molecule has 45 heavy (non-hydrogen) atoms. The van der Waals surface area contributed by atoms with E-state index in [4.69, 9.17) is 15.3 Å². The summed E-state index contributed by atoms with van der Waals surface area (Å²) in [5.74, 6) is 0. The van der Waals surface area contributed by atoms with E-state index in [0.29, 0.717) is 4.28 Å². The van der Waals surface area contributed by atoms with Crippen LogP contribution in [0.25, 0.3) is 0 Å². The molecule has 0 aromatic heterocycles. The molecule has 1 aromatic rings. The zero-order valence-electron chi connectivity index (χ0n) is 34.6. The van der Waals surface area contributed by atoms with Gasteiger partial charge in [-0.25, -0.2) is 0 Å². The minimum Gasteiger partial charge on any atom is -0.119 e. The number of halogens is 1. The topological polar surface area (TPSA) is 0 Å². The Morgan fingerprint density at radius 1 is 0.511 bits per heavy atom. The monoisotopic (exact) mass is 812 g/mol. The minimum absolute atomic E-state index is 0.392. The molecule has 1 aliphatic heterocycles. The molecule has 0 saturated carbocycles. The van der Waals surface area contributed by atoms with Crippen LogP contribution in [0.5, 0.6) is 0 Å². The number of benzene rings is 1. The van der Waals surface area contributed by atoms with E-state index in [1.165, 1.54) is 12.1 Å². The second-order valence-corrected chi connectivity index (χ2v) is 70.1. The van der Waals surface area contributed by atoms with E-state index >= 15 is 0 Å². The lowest BCUT2D eigenvalue weighted by atomic mass is 10.1. The summed E-state index contributed by atoms with van der Waals surface area (Å²) in [6.45, 7) is 60.4. The van der Waals surface area contributed by atoms with E-state index in [0.717, 1.165) is 10.3 Å². The van der Waals surface area contributed by atoms with Gasteiger partial charge in [0.2, 0.25) is 0 Å². The highest BCUT2D eigenvalue weighted by Crippen LogP contribution is 2.53. The summed E-state index contributed by atoms with van der Waals surface area (Å²) in [6, 6.07) is 8.60. The first-order chi connectivity index (χ1) is 19.5. The van der Waals surface area contributed by atoms with Crippen molar-refractivity contribution in [2.75, 3.05) is 0 Å². The van der Waals surface area contributed by atoms with Gasteiger partial charge in [0.05, 0.1) is 0 Å². The van der Waals surface area contributed by atoms with Crippen molar-refractivity contribution in [2.24, 2.45) is 0 Å². The molecule has 0 atom stereocenters. The summed E-state index contributed by atoms with van der Waals surface area (Å²) in [7, 11) is -11.3. The van der Waals surface area contributed by atoms with E-state index in [1.54, 1.807) is 11.1 Å². The van der Waals surface area contributed by atoms with E-state index in [2.05, 4.69) is 163 Å². The fourth-order valence-electron chi connectivity index (χ4n) is 12.4. The second kappa shape index (κ2) is 12.7. The molecular formula is C36H77BrSi8. The van der Waals surface area contributed by atoms with Crippen LogP contribution >= 0.6 is 15.3 Å². The van der Waals surface area contributed by atoms with E-state index in [1.807, 2.05) is 21.9 Å². The van der Waals surface area contributed by atoms with E-state index < -0.39 is 63.2 Å². The maximum atomic E-state index is 4.82. The molecule has 0 amide bonds. The van der Waals surface area contributed by atoms with E-state index in [9.17, 15) is 0 Å². The Morgan fingerprint density at radius 3 is 0.956 bits per heavy atom. The molecule has 1 aliphatic rings. The summed E-state index contributed by atoms with van der Waals surface area (Å²) in [5.41, 5.74) is 8.95. The summed E-state index contributed by atoms with van der Waals surface area (Å²) >= 11 is 4.82. The molecule has 260 valence electrons. The average Bonchev–Trinajstić information content (AvgIpc) is 2.92. The predicted octanol–water partition coefficient (Wildman–Crippen LogP) is 13.1. The van der Waals surface area contributed by atoms with Gasteiger partial charge in [0.15, 0.2) is 6.69 Å². The molecule has 9 heteroatoms. The molecule has 0 fully saturated rings. The first kappa shape index (κ1) is 42.3. The van der Waals surface area contributed by atoms with Crippen LogP contribution in [0.2, 0.25) is 150 Å². The Labute approximate surface area is 299 Å². The SMILES string of the molecule is CC1=C(C)C[Si](Br)(c2c(C([Si](C)(C)C)[Si](C)(C)C)cc(C([Si](C)(C)C)([Si](C)(C)C)[Si](C)(C)C)cc2C([Si](C)(C)C)[Si](C)(C)C)C1. The molecule has 0 spiro atoms. The summed E-state index contributed by atoms with van der Waals surface area (Å²) < 4.78 is 0.392. The molecule has 0 aliphatic carbocycles. The van der Waals surface area contributed by atoms with Crippen LogP contribution in [0, 0.1) is 0 Å². The number of hydrogen-bond acceptors (Lipinski definition) is 0. The van der Waals surface area contributed by atoms with Crippen LogP contribution in [0.15, 0.2) is 23.3 Å². The normalized spacial score (nSPS) is 18.1. The lowest BCUT2D eigenvalue weighted by Gasteiger charge is -2.60.